The van der Waals surface area contributed by atoms with Gasteiger partial charge in [-0.25, -0.2) is 22.2 Å². The Labute approximate surface area is 235 Å². The summed E-state index contributed by atoms with van der Waals surface area (Å²) in [7, 11) is -4.05. The third kappa shape index (κ3) is 4.78. The van der Waals surface area contributed by atoms with Crippen molar-refractivity contribution in [2.75, 3.05) is 13.1 Å². The van der Waals surface area contributed by atoms with E-state index in [1.165, 1.54) is 20.7 Å². The van der Waals surface area contributed by atoms with E-state index < -0.39 is 28.1 Å². The fraction of sp³-hybridized carbons (Fsp3) is 0.250. The van der Waals surface area contributed by atoms with Crippen molar-refractivity contribution in [3.8, 4) is 11.1 Å². The lowest BCUT2D eigenvalue weighted by Crippen LogP contribution is -2.51. The van der Waals surface area contributed by atoms with Gasteiger partial charge in [0.05, 0.1) is 16.6 Å². The number of aromatic nitrogens is 5. The van der Waals surface area contributed by atoms with Gasteiger partial charge in [0.2, 0.25) is 5.91 Å². The fourth-order valence-corrected chi connectivity index (χ4v) is 6.94. The zero-order valence-electron chi connectivity index (χ0n) is 21.9. The summed E-state index contributed by atoms with van der Waals surface area (Å²) in [5.41, 5.74) is 2.94. The number of nitrogens with zero attached hydrogens (tertiary/aromatic N) is 6. The van der Waals surface area contributed by atoms with Crippen LogP contribution in [0.1, 0.15) is 25.0 Å². The molecule has 1 aliphatic heterocycles. The van der Waals surface area contributed by atoms with Gasteiger partial charge in [0, 0.05) is 48.5 Å². The van der Waals surface area contributed by atoms with Crippen LogP contribution in [0.4, 0.5) is 4.79 Å². The van der Waals surface area contributed by atoms with Gasteiger partial charge in [-0.2, -0.15) is 14.8 Å². The molecule has 0 radical (unpaired) electrons. The molecule has 1 atom stereocenters. The second kappa shape index (κ2) is 10.7. The molecule has 2 amide bonds. The SMILES string of the molecule is O=C(NCCc1cc2c(-c3cnn4ncccc34)ccnc2n1S(=O)(=O)c1ccccc1)C1CCCCN1C(=O)O. The zero-order valence-corrected chi connectivity index (χ0v) is 22.7. The minimum absolute atomic E-state index is 0.106. The molecule has 0 aliphatic carbocycles. The Morgan fingerprint density at radius 2 is 1.83 bits per heavy atom. The van der Waals surface area contributed by atoms with Crippen LogP contribution in [0.25, 0.3) is 27.7 Å². The third-order valence-corrected chi connectivity index (χ3v) is 9.10. The van der Waals surface area contributed by atoms with Crippen LogP contribution in [0.2, 0.25) is 0 Å². The van der Waals surface area contributed by atoms with Crippen LogP contribution in [-0.2, 0) is 21.2 Å². The van der Waals surface area contributed by atoms with E-state index in [0.29, 0.717) is 30.5 Å². The summed E-state index contributed by atoms with van der Waals surface area (Å²) in [4.78, 5) is 30.3. The molecule has 1 aromatic carbocycles. The monoisotopic (exact) mass is 573 g/mol. The van der Waals surface area contributed by atoms with Crippen LogP contribution in [0.15, 0.2) is 78.1 Å². The Kier molecular flexibility index (Phi) is 6.87. The molecule has 1 fully saturated rings. The highest BCUT2D eigenvalue weighted by Crippen LogP contribution is 2.34. The summed E-state index contributed by atoms with van der Waals surface area (Å²) in [6.45, 7) is 0.421. The van der Waals surface area contributed by atoms with Crippen LogP contribution in [0.5, 0.6) is 0 Å². The minimum Gasteiger partial charge on any atom is -0.465 e. The van der Waals surface area contributed by atoms with E-state index in [0.717, 1.165) is 28.0 Å². The zero-order chi connectivity index (χ0) is 28.6. The molecule has 13 heteroatoms. The summed E-state index contributed by atoms with van der Waals surface area (Å²) in [5, 5.41) is 21.5. The Morgan fingerprint density at radius 3 is 2.63 bits per heavy atom. The second-order valence-corrected chi connectivity index (χ2v) is 11.6. The van der Waals surface area contributed by atoms with Crippen molar-refractivity contribution in [1.29, 1.82) is 0 Å². The number of hydrogen-bond donors (Lipinski definition) is 2. The van der Waals surface area contributed by atoms with Crippen molar-refractivity contribution in [2.45, 2.75) is 36.6 Å². The third-order valence-electron chi connectivity index (χ3n) is 7.34. The molecule has 1 aliphatic rings. The van der Waals surface area contributed by atoms with Gasteiger partial charge in [-0.3, -0.25) is 9.69 Å². The largest absolute Gasteiger partial charge is 0.465 e. The Hall–Kier alpha value is -4.78. The van der Waals surface area contributed by atoms with Crippen molar-refractivity contribution in [3.63, 3.8) is 0 Å². The van der Waals surface area contributed by atoms with E-state index in [1.54, 1.807) is 55.0 Å². The maximum absolute atomic E-state index is 13.9. The molecule has 5 heterocycles. The molecule has 12 nitrogen and oxygen atoms in total. The van der Waals surface area contributed by atoms with Gasteiger partial charge in [-0.1, -0.05) is 18.2 Å². The lowest BCUT2D eigenvalue weighted by Gasteiger charge is -2.32. The van der Waals surface area contributed by atoms with Crippen LogP contribution in [0, 0.1) is 0 Å². The quantitative estimate of drug-likeness (QED) is 0.301. The molecule has 6 rings (SSSR count). The topological polar surface area (TPSA) is 152 Å². The van der Waals surface area contributed by atoms with E-state index in [1.807, 2.05) is 6.07 Å². The summed E-state index contributed by atoms with van der Waals surface area (Å²) in [6, 6.07) is 14.6. The maximum Gasteiger partial charge on any atom is 0.407 e. The lowest BCUT2D eigenvalue weighted by molar-refractivity contribution is -0.126. The predicted octanol–water partition coefficient (Wildman–Crippen LogP) is 3.17. The van der Waals surface area contributed by atoms with Gasteiger partial charge in [0.15, 0.2) is 5.65 Å². The van der Waals surface area contributed by atoms with Crippen molar-refractivity contribution in [2.24, 2.45) is 0 Å². The number of rotatable bonds is 7. The smallest absolute Gasteiger partial charge is 0.407 e. The number of pyridine rings is 1. The van der Waals surface area contributed by atoms with E-state index >= 15 is 0 Å². The van der Waals surface area contributed by atoms with E-state index in [2.05, 4.69) is 20.5 Å². The number of carboxylic acid groups (broad SMARTS) is 1. The van der Waals surface area contributed by atoms with Gasteiger partial charge in [-0.05, 0) is 61.2 Å². The fourth-order valence-electron chi connectivity index (χ4n) is 5.41. The van der Waals surface area contributed by atoms with Gasteiger partial charge >= 0.3 is 6.09 Å². The normalized spacial score (nSPS) is 15.8. The number of fused-ring (bicyclic) bond motifs is 2. The maximum atomic E-state index is 13.9. The van der Waals surface area contributed by atoms with E-state index in [4.69, 9.17) is 0 Å². The standard InChI is InChI=1S/C28H27N7O5S/c36-27(25-9-4-5-16-33(25)28(37)38)30-14-11-19-17-22-21(23-18-32-35-24(23)10-6-13-31-35)12-15-29-26(22)34(19)41(39,40)20-7-2-1-3-8-20/h1-3,6-8,10,12-13,15,17-18,25H,4-5,9,11,14,16H2,(H,30,36)(H,37,38). The van der Waals surface area contributed by atoms with Crippen molar-refractivity contribution in [1.82, 2.24) is 34.0 Å². The molecule has 1 unspecified atom stereocenters. The molecular formula is C28H27N7O5S. The molecule has 0 bridgehead atoms. The number of piperidine rings is 1. The predicted molar refractivity (Wildman–Crippen MR) is 150 cm³/mol. The molecule has 41 heavy (non-hydrogen) atoms. The highest BCUT2D eigenvalue weighted by molar-refractivity contribution is 7.90. The van der Waals surface area contributed by atoms with Crippen molar-refractivity contribution < 1.29 is 23.1 Å². The number of nitrogens with one attached hydrogen (secondary N) is 1. The number of hydrogen-bond acceptors (Lipinski definition) is 7. The first kappa shape index (κ1) is 26.4. The molecule has 5 aromatic rings. The molecule has 210 valence electrons. The Morgan fingerprint density at radius 1 is 1.00 bits per heavy atom. The number of carbonyl (C=O) groups is 2. The van der Waals surface area contributed by atoms with Gasteiger partial charge in [0.1, 0.15) is 6.04 Å². The second-order valence-electron chi connectivity index (χ2n) is 9.80. The lowest BCUT2D eigenvalue weighted by atomic mass is 10.0. The Bertz CT molecular complexity index is 1870. The first-order valence-corrected chi connectivity index (χ1v) is 14.7. The average molecular weight is 574 g/mol. The number of amides is 2. The van der Waals surface area contributed by atoms with Crippen LogP contribution >= 0.6 is 0 Å². The van der Waals surface area contributed by atoms with Gasteiger partial charge in [0.25, 0.3) is 10.0 Å². The van der Waals surface area contributed by atoms with E-state index in [9.17, 15) is 23.1 Å². The molecule has 1 saturated heterocycles. The molecule has 2 N–H and O–H groups in total. The van der Waals surface area contributed by atoms with Gasteiger partial charge < -0.3 is 10.4 Å². The summed E-state index contributed by atoms with van der Waals surface area (Å²) >= 11 is 0. The summed E-state index contributed by atoms with van der Waals surface area (Å²) < 4.78 is 30.6. The molecule has 0 saturated carbocycles. The van der Waals surface area contributed by atoms with Crippen molar-refractivity contribution in [3.05, 3.63) is 78.9 Å². The van der Waals surface area contributed by atoms with Crippen LogP contribution in [-0.4, -0.2) is 73.3 Å². The molecule has 0 spiro atoms. The summed E-state index contributed by atoms with van der Waals surface area (Å²) in [5.74, 6) is -0.390. The van der Waals surface area contributed by atoms with Crippen molar-refractivity contribution >= 4 is 38.6 Å². The molecule has 4 aromatic heterocycles. The average Bonchev–Trinajstić information content (AvgIpc) is 3.59. The van der Waals surface area contributed by atoms with E-state index in [-0.39, 0.29) is 23.5 Å². The first-order valence-electron chi connectivity index (χ1n) is 13.2. The first-order chi connectivity index (χ1) is 19.9. The highest BCUT2D eigenvalue weighted by atomic mass is 32.2. The van der Waals surface area contributed by atoms with Gasteiger partial charge in [-0.15, -0.1) is 0 Å². The number of carbonyl (C=O) groups excluding carboxylic acids is 1. The summed E-state index contributed by atoms with van der Waals surface area (Å²) in [6.07, 6.45) is 5.84. The van der Waals surface area contributed by atoms with Crippen LogP contribution in [0.3, 0.4) is 0 Å². The Balaban J connectivity index is 1.39. The number of benzene rings is 1. The highest BCUT2D eigenvalue weighted by Gasteiger charge is 2.32. The molecular weight excluding hydrogens is 546 g/mol. The van der Waals surface area contributed by atoms with Crippen LogP contribution < -0.4 is 5.32 Å². The number of likely N-dealkylation sites (tertiary alicyclic amines) is 1. The minimum atomic E-state index is -4.05.